The highest BCUT2D eigenvalue weighted by Crippen LogP contribution is 2.22. The number of carbonyl (C=O) groups excluding carboxylic acids is 1. The van der Waals surface area contributed by atoms with E-state index < -0.39 is 0 Å². The average molecular weight is 386 g/mol. The van der Waals surface area contributed by atoms with Crippen molar-refractivity contribution < 1.29 is 9.21 Å². The van der Waals surface area contributed by atoms with Gasteiger partial charge >= 0.3 is 0 Å². The third-order valence-corrected chi connectivity index (χ3v) is 5.43. The Morgan fingerprint density at radius 1 is 1.27 bits per heavy atom. The standard InChI is InChI=1S/C17H14N4O3S2/c22-14(9-26-17-20-11-3-1-2-4-13(11)24-17)18-6-7-21-10-19-12-5-8-25-15(12)16(21)23/h1-5,8,10H,6-7,9H2,(H,18,22). The van der Waals surface area contributed by atoms with Gasteiger partial charge in [0.05, 0.1) is 17.6 Å². The lowest BCUT2D eigenvalue weighted by Gasteiger charge is -2.06. The van der Waals surface area contributed by atoms with Crippen LogP contribution in [0.15, 0.2) is 56.5 Å². The van der Waals surface area contributed by atoms with Gasteiger partial charge in [-0.2, -0.15) is 0 Å². The molecule has 1 aromatic carbocycles. The SMILES string of the molecule is O=C(CSc1nc2ccccc2o1)NCCn1cnc2ccsc2c1=O. The highest BCUT2D eigenvalue weighted by molar-refractivity contribution is 7.99. The lowest BCUT2D eigenvalue weighted by Crippen LogP contribution is -2.31. The lowest BCUT2D eigenvalue weighted by atomic mass is 10.3. The van der Waals surface area contributed by atoms with Crippen LogP contribution in [0.2, 0.25) is 0 Å². The van der Waals surface area contributed by atoms with Crippen LogP contribution in [0, 0.1) is 0 Å². The number of aromatic nitrogens is 3. The first-order valence-corrected chi connectivity index (χ1v) is 9.75. The largest absolute Gasteiger partial charge is 0.431 e. The summed E-state index contributed by atoms with van der Waals surface area (Å²) >= 11 is 2.61. The van der Waals surface area contributed by atoms with Gasteiger partial charge in [-0.25, -0.2) is 9.97 Å². The van der Waals surface area contributed by atoms with E-state index in [-0.39, 0.29) is 17.2 Å². The molecule has 0 spiro atoms. The smallest absolute Gasteiger partial charge is 0.271 e. The second kappa shape index (κ2) is 7.30. The van der Waals surface area contributed by atoms with Crippen LogP contribution in [-0.2, 0) is 11.3 Å². The topological polar surface area (TPSA) is 90.0 Å². The summed E-state index contributed by atoms with van der Waals surface area (Å²) in [7, 11) is 0. The fourth-order valence-electron chi connectivity index (χ4n) is 2.45. The second-order valence-corrected chi connectivity index (χ2v) is 7.31. The average Bonchev–Trinajstić information content (AvgIpc) is 3.28. The van der Waals surface area contributed by atoms with Crippen molar-refractivity contribution in [1.82, 2.24) is 19.9 Å². The Labute approximate surface area is 156 Å². The molecule has 4 rings (SSSR count). The van der Waals surface area contributed by atoms with E-state index in [4.69, 9.17) is 4.42 Å². The van der Waals surface area contributed by atoms with Gasteiger partial charge in [0, 0.05) is 13.1 Å². The highest BCUT2D eigenvalue weighted by Gasteiger charge is 2.09. The second-order valence-electron chi connectivity index (χ2n) is 5.46. The summed E-state index contributed by atoms with van der Waals surface area (Å²) in [4.78, 5) is 32.8. The van der Waals surface area contributed by atoms with Crippen LogP contribution in [0.25, 0.3) is 21.3 Å². The molecule has 4 aromatic rings. The zero-order chi connectivity index (χ0) is 17.9. The Hall–Kier alpha value is -2.65. The summed E-state index contributed by atoms with van der Waals surface area (Å²) in [6.07, 6.45) is 1.51. The molecule has 0 fully saturated rings. The number of hydrogen-bond acceptors (Lipinski definition) is 7. The highest BCUT2D eigenvalue weighted by atomic mass is 32.2. The molecule has 0 aliphatic carbocycles. The van der Waals surface area contributed by atoms with Crippen LogP contribution in [0.5, 0.6) is 0 Å². The molecule has 132 valence electrons. The Morgan fingerprint density at radius 2 is 2.15 bits per heavy atom. The number of oxazole rings is 1. The summed E-state index contributed by atoms with van der Waals surface area (Å²) in [5.41, 5.74) is 2.09. The maximum absolute atomic E-state index is 12.3. The molecule has 0 radical (unpaired) electrons. The minimum Gasteiger partial charge on any atom is -0.431 e. The number of hydrogen-bond donors (Lipinski definition) is 1. The first-order chi connectivity index (χ1) is 12.7. The number of benzene rings is 1. The van der Waals surface area contributed by atoms with Crippen molar-refractivity contribution in [2.45, 2.75) is 11.8 Å². The van der Waals surface area contributed by atoms with Crippen LogP contribution in [0.3, 0.4) is 0 Å². The van der Waals surface area contributed by atoms with Gasteiger partial charge in [-0.15, -0.1) is 11.3 Å². The molecular formula is C17H14N4O3S2. The van der Waals surface area contributed by atoms with Gasteiger partial charge in [-0.1, -0.05) is 23.9 Å². The molecule has 0 saturated heterocycles. The number of nitrogens with one attached hydrogen (secondary N) is 1. The van der Waals surface area contributed by atoms with Crippen molar-refractivity contribution in [2.75, 3.05) is 12.3 Å². The predicted molar refractivity (Wildman–Crippen MR) is 102 cm³/mol. The third kappa shape index (κ3) is 3.49. The van der Waals surface area contributed by atoms with Gasteiger partial charge in [-0.05, 0) is 23.6 Å². The number of carbonyl (C=O) groups is 1. The molecule has 0 saturated carbocycles. The molecule has 3 aromatic heterocycles. The summed E-state index contributed by atoms with van der Waals surface area (Å²) in [6, 6.07) is 9.27. The van der Waals surface area contributed by atoms with Crippen LogP contribution < -0.4 is 10.9 Å². The van der Waals surface area contributed by atoms with E-state index in [1.165, 1.54) is 34.0 Å². The molecule has 26 heavy (non-hydrogen) atoms. The van der Waals surface area contributed by atoms with E-state index in [0.717, 1.165) is 5.52 Å². The minimum atomic E-state index is -0.143. The summed E-state index contributed by atoms with van der Waals surface area (Å²) in [6.45, 7) is 0.727. The fraction of sp³-hybridized carbons (Fsp3) is 0.176. The molecule has 1 N–H and O–H groups in total. The number of amides is 1. The van der Waals surface area contributed by atoms with Gasteiger partial charge in [0.1, 0.15) is 10.2 Å². The van der Waals surface area contributed by atoms with Crippen molar-refractivity contribution in [3.8, 4) is 0 Å². The molecule has 3 heterocycles. The van der Waals surface area contributed by atoms with Crippen molar-refractivity contribution in [3.63, 3.8) is 0 Å². The van der Waals surface area contributed by atoms with E-state index in [1.54, 1.807) is 0 Å². The van der Waals surface area contributed by atoms with Crippen LogP contribution in [0.4, 0.5) is 0 Å². The van der Waals surface area contributed by atoms with E-state index >= 15 is 0 Å². The Kier molecular flexibility index (Phi) is 4.72. The normalized spacial score (nSPS) is 11.2. The first kappa shape index (κ1) is 16.8. The van der Waals surface area contributed by atoms with Gasteiger partial charge in [-0.3, -0.25) is 14.2 Å². The zero-order valence-electron chi connectivity index (χ0n) is 13.5. The Bertz CT molecular complexity index is 1100. The summed E-state index contributed by atoms with van der Waals surface area (Å²) in [5, 5.41) is 5.10. The number of thiophene rings is 1. The number of thioether (sulfide) groups is 1. The number of para-hydroxylation sites is 2. The minimum absolute atomic E-state index is 0.0832. The third-order valence-electron chi connectivity index (χ3n) is 3.71. The zero-order valence-corrected chi connectivity index (χ0v) is 15.2. The van der Waals surface area contributed by atoms with Crippen molar-refractivity contribution >= 4 is 50.3 Å². The molecule has 7 nitrogen and oxygen atoms in total. The summed E-state index contributed by atoms with van der Waals surface area (Å²) < 4.78 is 7.70. The van der Waals surface area contributed by atoms with E-state index in [2.05, 4.69) is 15.3 Å². The molecule has 0 bridgehead atoms. The Balaban J connectivity index is 1.29. The van der Waals surface area contributed by atoms with Gasteiger partial charge in [0.15, 0.2) is 5.58 Å². The first-order valence-electron chi connectivity index (χ1n) is 7.88. The summed E-state index contributed by atoms with van der Waals surface area (Å²) in [5.74, 6) is 0.0553. The molecule has 0 atom stereocenters. The monoisotopic (exact) mass is 386 g/mol. The molecule has 1 amide bonds. The van der Waals surface area contributed by atoms with E-state index in [9.17, 15) is 9.59 Å². The van der Waals surface area contributed by atoms with Gasteiger partial charge in [0.25, 0.3) is 10.8 Å². The molecule has 0 unspecified atom stereocenters. The predicted octanol–water partition coefficient (Wildman–Crippen LogP) is 2.51. The van der Waals surface area contributed by atoms with Gasteiger partial charge in [0.2, 0.25) is 5.91 Å². The van der Waals surface area contributed by atoms with Crippen molar-refractivity contribution in [2.24, 2.45) is 0 Å². The number of fused-ring (bicyclic) bond motifs is 2. The lowest BCUT2D eigenvalue weighted by molar-refractivity contribution is -0.118. The fourth-order valence-corrected chi connectivity index (χ4v) is 3.91. The van der Waals surface area contributed by atoms with E-state index in [1.807, 2.05) is 35.7 Å². The maximum Gasteiger partial charge on any atom is 0.271 e. The van der Waals surface area contributed by atoms with Crippen molar-refractivity contribution in [1.29, 1.82) is 0 Å². The van der Waals surface area contributed by atoms with Crippen LogP contribution in [0.1, 0.15) is 0 Å². The molecule has 9 heteroatoms. The van der Waals surface area contributed by atoms with Crippen LogP contribution >= 0.6 is 23.1 Å². The molecule has 0 aliphatic heterocycles. The number of nitrogens with zero attached hydrogens (tertiary/aromatic N) is 3. The van der Waals surface area contributed by atoms with Gasteiger partial charge < -0.3 is 9.73 Å². The van der Waals surface area contributed by atoms with Crippen molar-refractivity contribution in [3.05, 3.63) is 52.4 Å². The van der Waals surface area contributed by atoms with E-state index in [0.29, 0.717) is 34.1 Å². The Morgan fingerprint density at radius 3 is 3.04 bits per heavy atom. The maximum atomic E-state index is 12.3. The quantitative estimate of drug-likeness (QED) is 0.512. The molecular weight excluding hydrogens is 372 g/mol. The van der Waals surface area contributed by atoms with Crippen LogP contribution in [-0.4, -0.2) is 32.7 Å². The number of rotatable bonds is 6. The molecule has 0 aliphatic rings.